The van der Waals surface area contributed by atoms with Crippen molar-refractivity contribution < 1.29 is 24.9 Å². The van der Waals surface area contributed by atoms with Crippen molar-refractivity contribution in [2.45, 2.75) is 12.8 Å². The Hall–Kier alpha value is -2.69. The third-order valence-corrected chi connectivity index (χ3v) is 3.17. The van der Waals surface area contributed by atoms with E-state index in [-0.39, 0.29) is 35.0 Å². The van der Waals surface area contributed by atoms with Gasteiger partial charge in [-0.15, -0.1) is 0 Å². The Bertz CT molecular complexity index is 664. The smallest absolute Gasteiger partial charge is 0.166 e. The van der Waals surface area contributed by atoms with Crippen LogP contribution in [0.2, 0.25) is 0 Å². The van der Waals surface area contributed by atoms with Gasteiger partial charge in [-0.05, 0) is 36.2 Å². The van der Waals surface area contributed by atoms with Crippen molar-refractivity contribution in [2.75, 3.05) is 7.11 Å². The number of rotatable bonds is 5. The third kappa shape index (κ3) is 3.45. The molecule has 0 aliphatic carbocycles. The highest BCUT2D eigenvalue weighted by atomic mass is 16.5. The first-order chi connectivity index (χ1) is 10.0. The number of ether oxygens (including phenoxy) is 1. The molecule has 5 heteroatoms. The Kier molecular flexibility index (Phi) is 4.33. The first kappa shape index (κ1) is 14.7. The Morgan fingerprint density at radius 3 is 2.48 bits per heavy atom. The number of phenols is 3. The highest BCUT2D eigenvalue weighted by Crippen LogP contribution is 2.28. The summed E-state index contributed by atoms with van der Waals surface area (Å²) >= 11 is 0. The fourth-order valence-corrected chi connectivity index (χ4v) is 2.03. The molecule has 0 saturated carbocycles. The number of benzene rings is 2. The quantitative estimate of drug-likeness (QED) is 0.736. The van der Waals surface area contributed by atoms with Crippen LogP contribution in [-0.4, -0.2) is 28.2 Å². The Labute approximate surface area is 122 Å². The molecule has 0 radical (unpaired) electrons. The lowest BCUT2D eigenvalue weighted by molar-refractivity contribution is 0.0980. The van der Waals surface area contributed by atoms with Crippen molar-refractivity contribution in [1.82, 2.24) is 0 Å². The maximum atomic E-state index is 12.0. The van der Waals surface area contributed by atoms with Crippen LogP contribution in [0, 0.1) is 0 Å². The first-order valence-electron chi connectivity index (χ1n) is 6.42. The summed E-state index contributed by atoms with van der Waals surface area (Å²) in [5.41, 5.74) is 1.02. The van der Waals surface area contributed by atoms with Crippen LogP contribution in [0.5, 0.6) is 23.0 Å². The average Bonchev–Trinajstić information content (AvgIpc) is 2.46. The summed E-state index contributed by atoms with van der Waals surface area (Å²) in [5, 5.41) is 28.3. The monoisotopic (exact) mass is 288 g/mol. The van der Waals surface area contributed by atoms with Gasteiger partial charge in [0.15, 0.2) is 17.3 Å². The molecule has 0 heterocycles. The lowest BCUT2D eigenvalue weighted by Gasteiger charge is -2.07. The van der Waals surface area contributed by atoms with Gasteiger partial charge in [0, 0.05) is 12.5 Å². The molecule has 2 rings (SSSR count). The van der Waals surface area contributed by atoms with Gasteiger partial charge in [-0.25, -0.2) is 0 Å². The largest absolute Gasteiger partial charge is 0.508 e. The summed E-state index contributed by atoms with van der Waals surface area (Å²) in [4.78, 5) is 12.0. The van der Waals surface area contributed by atoms with Crippen LogP contribution >= 0.6 is 0 Å². The molecule has 0 fully saturated rings. The van der Waals surface area contributed by atoms with Gasteiger partial charge in [-0.2, -0.15) is 0 Å². The summed E-state index contributed by atoms with van der Waals surface area (Å²) in [6, 6.07) is 8.77. The second-order valence-electron chi connectivity index (χ2n) is 4.63. The summed E-state index contributed by atoms with van der Waals surface area (Å²) in [6.07, 6.45) is 0.655. The van der Waals surface area contributed by atoms with Crippen molar-refractivity contribution in [1.29, 1.82) is 0 Å². The van der Waals surface area contributed by atoms with Gasteiger partial charge in [-0.1, -0.05) is 6.07 Å². The van der Waals surface area contributed by atoms with Crippen LogP contribution in [0.15, 0.2) is 36.4 Å². The highest BCUT2D eigenvalue weighted by molar-refractivity contribution is 5.98. The van der Waals surface area contributed by atoms with Gasteiger partial charge in [0.05, 0.1) is 12.7 Å². The second kappa shape index (κ2) is 6.17. The number of aromatic hydroxyl groups is 3. The summed E-state index contributed by atoms with van der Waals surface area (Å²) in [6.45, 7) is 0. The molecule has 110 valence electrons. The van der Waals surface area contributed by atoms with Gasteiger partial charge in [-0.3, -0.25) is 4.79 Å². The minimum Gasteiger partial charge on any atom is -0.508 e. The van der Waals surface area contributed by atoms with Gasteiger partial charge in [0.25, 0.3) is 0 Å². The Balaban J connectivity index is 2.07. The Morgan fingerprint density at radius 1 is 1.05 bits per heavy atom. The molecule has 0 atom stereocenters. The predicted molar refractivity (Wildman–Crippen MR) is 77.1 cm³/mol. The van der Waals surface area contributed by atoms with Crippen molar-refractivity contribution in [3.63, 3.8) is 0 Å². The third-order valence-electron chi connectivity index (χ3n) is 3.17. The van der Waals surface area contributed by atoms with Crippen molar-refractivity contribution in [3.8, 4) is 23.0 Å². The standard InChI is InChI=1S/C16H16O5/c1-21-16-8-10(3-7-14(16)19)2-6-13(18)12-5-4-11(17)9-15(12)20/h3-5,7-9,17,19-20H,2,6H2,1H3. The number of phenolic OH excluding ortho intramolecular Hbond substituents is 3. The van der Waals surface area contributed by atoms with E-state index in [0.29, 0.717) is 12.2 Å². The predicted octanol–water partition coefficient (Wildman–Crippen LogP) is 2.63. The zero-order valence-electron chi connectivity index (χ0n) is 11.5. The van der Waals surface area contributed by atoms with E-state index >= 15 is 0 Å². The van der Waals surface area contributed by atoms with Crippen LogP contribution < -0.4 is 4.74 Å². The first-order valence-corrected chi connectivity index (χ1v) is 6.42. The highest BCUT2D eigenvalue weighted by Gasteiger charge is 2.12. The van der Waals surface area contributed by atoms with E-state index in [1.54, 1.807) is 12.1 Å². The summed E-state index contributed by atoms with van der Waals surface area (Å²) in [5.74, 6) is -0.147. The molecule has 3 N–H and O–H groups in total. The lowest BCUT2D eigenvalue weighted by atomic mass is 10.0. The van der Waals surface area contributed by atoms with E-state index in [0.717, 1.165) is 11.6 Å². The lowest BCUT2D eigenvalue weighted by Crippen LogP contribution is -2.01. The number of methoxy groups -OCH3 is 1. The topological polar surface area (TPSA) is 87.0 Å². The van der Waals surface area contributed by atoms with E-state index in [1.807, 2.05) is 0 Å². The zero-order valence-corrected chi connectivity index (χ0v) is 11.5. The maximum Gasteiger partial charge on any atom is 0.166 e. The molecule has 0 aliphatic heterocycles. The number of aryl methyl sites for hydroxylation is 1. The zero-order chi connectivity index (χ0) is 15.4. The molecular weight excluding hydrogens is 272 g/mol. The van der Waals surface area contributed by atoms with Crippen LogP contribution in [-0.2, 0) is 6.42 Å². The minimum atomic E-state index is -0.233. The number of carbonyl (C=O) groups excluding carboxylic acids is 1. The molecule has 2 aromatic carbocycles. The molecule has 5 nitrogen and oxygen atoms in total. The normalized spacial score (nSPS) is 10.3. The van der Waals surface area contributed by atoms with Crippen molar-refractivity contribution in [3.05, 3.63) is 47.5 Å². The molecule has 0 spiro atoms. The van der Waals surface area contributed by atoms with Crippen molar-refractivity contribution >= 4 is 5.78 Å². The van der Waals surface area contributed by atoms with Crippen LogP contribution in [0.3, 0.4) is 0 Å². The summed E-state index contributed by atoms with van der Waals surface area (Å²) in [7, 11) is 1.46. The van der Waals surface area contributed by atoms with E-state index in [1.165, 1.54) is 25.3 Å². The van der Waals surface area contributed by atoms with Gasteiger partial charge < -0.3 is 20.1 Å². The van der Waals surface area contributed by atoms with E-state index in [9.17, 15) is 20.1 Å². The molecule has 0 bridgehead atoms. The van der Waals surface area contributed by atoms with E-state index in [2.05, 4.69) is 0 Å². The number of Topliss-reactive ketones (excluding diaryl/α,β-unsaturated/α-hetero) is 1. The minimum absolute atomic E-state index is 0.0451. The van der Waals surface area contributed by atoms with Gasteiger partial charge >= 0.3 is 0 Å². The van der Waals surface area contributed by atoms with Crippen LogP contribution in [0.25, 0.3) is 0 Å². The Morgan fingerprint density at radius 2 is 1.81 bits per heavy atom. The average molecular weight is 288 g/mol. The number of hydrogen-bond donors (Lipinski definition) is 3. The van der Waals surface area contributed by atoms with E-state index < -0.39 is 0 Å². The number of ketones is 1. The van der Waals surface area contributed by atoms with Crippen LogP contribution in [0.1, 0.15) is 22.3 Å². The van der Waals surface area contributed by atoms with Crippen LogP contribution in [0.4, 0.5) is 0 Å². The summed E-state index contributed by atoms with van der Waals surface area (Å²) < 4.78 is 5.01. The van der Waals surface area contributed by atoms with Crippen molar-refractivity contribution in [2.24, 2.45) is 0 Å². The van der Waals surface area contributed by atoms with Gasteiger partial charge in [0.2, 0.25) is 0 Å². The maximum absolute atomic E-state index is 12.0. The fourth-order valence-electron chi connectivity index (χ4n) is 2.03. The molecule has 0 saturated heterocycles. The van der Waals surface area contributed by atoms with Gasteiger partial charge in [0.1, 0.15) is 11.5 Å². The SMILES string of the molecule is COc1cc(CCC(=O)c2ccc(O)cc2O)ccc1O. The number of carbonyl (C=O) groups is 1. The molecule has 0 aromatic heterocycles. The molecule has 2 aromatic rings. The second-order valence-corrected chi connectivity index (χ2v) is 4.63. The molecular formula is C16H16O5. The van der Waals surface area contributed by atoms with E-state index in [4.69, 9.17) is 4.74 Å². The molecule has 21 heavy (non-hydrogen) atoms. The fraction of sp³-hybridized carbons (Fsp3) is 0.188. The molecule has 0 aliphatic rings. The molecule has 0 unspecified atom stereocenters. The number of hydrogen-bond acceptors (Lipinski definition) is 5. The molecule has 0 amide bonds.